The molecular weight excluding hydrogens is 174 g/mol. The van der Waals surface area contributed by atoms with Crippen LogP contribution in [0.15, 0.2) is 18.2 Å². The van der Waals surface area contributed by atoms with Crippen LogP contribution in [0.5, 0.6) is 0 Å². The molecule has 0 unspecified atom stereocenters. The molecule has 1 N–H and O–H groups in total. The number of hydrogen-bond donors (Lipinski definition) is 1. The molecule has 0 radical (unpaired) electrons. The third-order valence-corrected chi connectivity index (χ3v) is 2.27. The van der Waals surface area contributed by atoms with Crippen LogP contribution in [0.1, 0.15) is 36.2 Å². The van der Waals surface area contributed by atoms with Gasteiger partial charge in [-0.25, -0.2) is 0 Å². The highest BCUT2D eigenvalue weighted by atomic mass is 16.1. The minimum absolute atomic E-state index is 0.118. The fourth-order valence-corrected chi connectivity index (χ4v) is 1.54. The molecule has 0 spiro atoms. The summed E-state index contributed by atoms with van der Waals surface area (Å²) in [7, 11) is 1.83. The molecule has 0 bridgehead atoms. The minimum atomic E-state index is 0.118. The second-order valence-corrected chi connectivity index (χ2v) is 3.44. The Kier molecular flexibility index (Phi) is 3.69. The van der Waals surface area contributed by atoms with Gasteiger partial charge in [-0.3, -0.25) is 4.79 Å². The van der Waals surface area contributed by atoms with Crippen LogP contribution in [0.3, 0.4) is 0 Å². The predicted molar refractivity (Wildman–Crippen MR) is 60.0 cm³/mol. The van der Waals surface area contributed by atoms with Gasteiger partial charge in [-0.2, -0.15) is 0 Å². The lowest BCUT2D eigenvalue weighted by atomic mass is 10.0. The van der Waals surface area contributed by atoms with Crippen molar-refractivity contribution in [2.45, 2.75) is 26.7 Å². The van der Waals surface area contributed by atoms with Crippen molar-refractivity contribution in [3.8, 4) is 0 Å². The summed E-state index contributed by atoms with van der Waals surface area (Å²) in [5, 5.41) is 3.03. The van der Waals surface area contributed by atoms with E-state index in [2.05, 4.69) is 18.3 Å². The molecule has 0 fully saturated rings. The summed E-state index contributed by atoms with van der Waals surface area (Å²) in [4.78, 5) is 11.3. The molecule has 76 valence electrons. The maximum atomic E-state index is 11.3. The molecule has 0 heterocycles. The van der Waals surface area contributed by atoms with Crippen molar-refractivity contribution >= 4 is 11.5 Å². The van der Waals surface area contributed by atoms with Crippen LogP contribution in [0, 0.1) is 0 Å². The highest BCUT2D eigenvalue weighted by Gasteiger charge is 2.06. The largest absolute Gasteiger partial charge is 0.388 e. The molecule has 0 amide bonds. The molecule has 0 saturated carbocycles. The standard InChI is InChI=1S/C12H17NO/c1-4-5-10-6-7-12(13-3)11(8-10)9(2)14/h6-8,13H,4-5H2,1-3H3. The van der Waals surface area contributed by atoms with Crippen molar-refractivity contribution in [2.24, 2.45) is 0 Å². The maximum absolute atomic E-state index is 11.3. The lowest BCUT2D eigenvalue weighted by molar-refractivity contribution is 0.101. The Morgan fingerprint density at radius 2 is 2.14 bits per heavy atom. The van der Waals surface area contributed by atoms with E-state index in [0.717, 1.165) is 24.1 Å². The first-order valence-corrected chi connectivity index (χ1v) is 5.00. The van der Waals surface area contributed by atoms with Crippen molar-refractivity contribution in [1.82, 2.24) is 0 Å². The molecule has 0 aromatic heterocycles. The molecule has 2 heteroatoms. The first-order chi connectivity index (χ1) is 6.69. The lowest BCUT2D eigenvalue weighted by Crippen LogP contribution is -2.01. The smallest absolute Gasteiger partial charge is 0.161 e. The molecule has 1 rings (SSSR count). The van der Waals surface area contributed by atoms with Crippen LogP contribution in [-0.2, 0) is 6.42 Å². The summed E-state index contributed by atoms with van der Waals surface area (Å²) in [6.07, 6.45) is 2.14. The van der Waals surface area contributed by atoms with Crippen LogP contribution in [0.2, 0.25) is 0 Å². The zero-order valence-corrected chi connectivity index (χ0v) is 9.05. The number of anilines is 1. The first kappa shape index (κ1) is 10.8. The number of benzene rings is 1. The summed E-state index contributed by atoms with van der Waals surface area (Å²) in [6.45, 7) is 3.74. The molecule has 0 saturated heterocycles. The van der Waals surface area contributed by atoms with Crippen molar-refractivity contribution < 1.29 is 4.79 Å². The average Bonchev–Trinajstić information content (AvgIpc) is 2.18. The van der Waals surface area contributed by atoms with E-state index in [1.54, 1.807) is 6.92 Å². The third-order valence-electron chi connectivity index (χ3n) is 2.27. The molecule has 0 aliphatic carbocycles. The highest BCUT2D eigenvalue weighted by Crippen LogP contribution is 2.18. The number of carbonyl (C=O) groups is 1. The quantitative estimate of drug-likeness (QED) is 0.741. The number of Topliss-reactive ketones (excluding diaryl/α,β-unsaturated/α-hetero) is 1. The van der Waals surface area contributed by atoms with E-state index in [1.165, 1.54) is 5.56 Å². The van der Waals surface area contributed by atoms with Crippen LogP contribution in [0.25, 0.3) is 0 Å². The van der Waals surface area contributed by atoms with Gasteiger partial charge in [0, 0.05) is 18.3 Å². The fourth-order valence-electron chi connectivity index (χ4n) is 1.54. The van der Waals surface area contributed by atoms with E-state index in [4.69, 9.17) is 0 Å². The van der Waals surface area contributed by atoms with E-state index < -0.39 is 0 Å². The molecule has 1 aromatic rings. The molecule has 14 heavy (non-hydrogen) atoms. The van der Waals surface area contributed by atoms with E-state index in [9.17, 15) is 4.79 Å². The number of ketones is 1. The number of carbonyl (C=O) groups excluding carboxylic acids is 1. The summed E-state index contributed by atoms with van der Waals surface area (Å²) in [6, 6.07) is 6.03. The fraction of sp³-hybridized carbons (Fsp3) is 0.417. The Balaban J connectivity index is 3.07. The monoisotopic (exact) mass is 191 g/mol. The molecule has 1 aromatic carbocycles. The van der Waals surface area contributed by atoms with Gasteiger partial charge < -0.3 is 5.32 Å². The van der Waals surface area contributed by atoms with Crippen LogP contribution in [-0.4, -0.2) is 12.8 Å². The zero-order chi connectivity index (χ0) is 10.6. The number of aryl methyl sites for hydroxylation is 1. The number of hydrogen-bond acceptors (Lipinski definition) is 2. The number of nitrogens with one attached hydrogen (secondary N) is 1. The van der Waals surface area contributed by atoms with Crippen LogP contribution in [0.4, 0.5) is 5.69 Å². The zero-order valence-electron chi connectivity index (χ0n) is 9.05. The predicted octanol–water partition coefficient (Wildman–Crippen LogP) is 2.88. The van der Waals surface area contributed by atoms with Gasteiger partial charge in [0.2, 0.25) is 0 Å². The van der Waals surface area contributed by atoms with Gasteiger partial charge in [0.1, 0.15) is 0 Å². The highest BCUT2D eigenvalue weighted by molar-refractivity contribution is 5.99. The second kappa shape index (κ2) is 4.80. The van der Waals surface area contributed by atoms with E-state index >= 15 is 0 Å². The van der Waals surface area contributed by atoms with Gasteiger partial charge in [-0.1, -0.05) is 19.4 Å². The molecule has 0 aliphatic rings. The van der Waals surface area contributed by atoms with Gasteiger partial charge in [0.25, 0.3) is 0 Å². The SMILES string of the molecule is CCCc1ccc(NC)c(C(C)=O)c1. The second-order valence-electron chi connectivity index (χ2n) is 3.44. The molecule has 0 atom stereocenters. The minimum Gasteiger partial charge on any atom is -0.388 e. The van der Waals surface area contributed by atoms with Gasteiger partial charge in [-0.15, -0.1) is 0 Å². The van der Waals surface area contributed by atoms with Crippen molar-refractivity contribution in [3.05, 3.63) is 29.3 Å². The topological polar surface area (TPSA) is 29.1 Å². The van der Waals surface area contributed by atoms with E-state index in [1.807, 2.05) is 19.2 Å². The summed E-state index contributed by atoms with van der Waals surface area (Å²) in [5.74, 6) is 0.118. The Morgan fingerprint density at radius 1 is 1.43 bits per heavy atom. The summed E-state index contributed by atoms with van der Waals surface area (Å²) < 4.78 is 0. The summed E-state index contributed by atoms with van der Waals surface area (Å²) >= 11 is 0. The van der Waals surface area contributed by atoms with Crippen molar-refractivity contribution in [3.63, 3.8) is 0 Å². The normalized spacial score (nSPS) is 9.93. The lowest BCUT2D eigenvalue weighted by Gasteiger charge is -2.08. The molecule has 2 nitrogen and oxygen atoms in total. The Bertz CT molecular complexity index is 331. The molecule has 0 aliphatic heterocycles. The Hall–Kier alpha value is -1.31. The van der Waals surface area contributed by atoms with E-state index in [-0.39, 0.29) is 5.78 Å². The maximum Gasteiger partial charge on any atom is 0.161 e. The van der Waals surface area contributed by atoms with Crippen molar-refractivity contribution in [2.75, 3.05) is 12.4 Å². The molecular formula is C12H17NO. The average molecular weight is 191 g/mol. The van der Waals surface area contributed by atoms with Gasteiger partial charge in [0.15, 0.2) is 5.78 Å². The van der Waals surface area contributed by atoms with Crippen molar-refractivity contribution in [1.29, 1.82) is 0 Å². The van der Waals surface area contributed by atoms with Gasteiger partial charge in [0.05, 0.1) is 0 Å². The Labute approximate surface area is 85.3 Å². The van der Waals surface area contributed by atoms with Crippen LogP contribution < -0.4 is 5.32 Å². The Morgan fingerprint density at radius 3 is 2.64 bits per heavy atom. The van der Waals surface area contributed by atoms with Crippen LogP contribution >= 0.6 is 0 Å². The number of rotatable bonds is 4. The first-order valence-electron chi connectivity index (χ1n) is 5.00. The summed E-state index contributed by atoms with van der Waals surface area (Å²) in [5.41, 5.74) is 2.94. The third kappa shape index (κ3) is 2.34. The van der Waals surface area contributed by atoms with Gasteiger partial charge >= 0.3 is 0 Å². The van der Waals surface area contributed by atoms with Gasteiger partial charge in [-0.05, 0) is 31.0 Å². The van der Waals surface area contributed by atoms with E-state index in [0.29, 0.717) is 0 Å².